The Balaban J connectivity index is 1.14. The highest BCUT2D eigenvalue weighted by Gasteiger charge is 2.22. The van der Waals surface area contributed by atoms with Crippen LogP contribution in [-0.4, -0.2) is 29.5 Å². The van der Waals surface area contributed by atoms with Gasteiger partial charge in [-0.25, -0.2) is 15.0 Å². The largest absolute Gasteiger partial charge is 0.454 e. The normalized spacial score (nSPS) is 11.6. The fourth-order valence-corrected chi connectivity index (χ4v) is 7.64. The van der Waals surface area contributed by atoms with Gasteiger partial charge < -0.3 is 4.42 Å². The number of fused-ring (bicyclic) bond motifs is 7. The Kier molecular flexibility index (Phi) is 7.35. The van der Waals surface area contributed by atoms with Gasteiger partial charge in [-0.2, -0.15) is 9.97 Å². The van der Waals surface area contributed by atoms with Crippen LogP contribution < -0.4 is 0 Å². The van der Waals surface area contributed by atoms with Crippen molar-refractivity contribution in [2.75, 3.05) is 0 Å². The zero-order valence-electron chi connectivity index (χ0n) is 29.9. The molecule has 7 heteroatoms. The first-order valence-corrected chi connectivity index (χ1v) is 18.5. The minimum absolute atomic E-state index is 0.493. The molecule has 0 amide bonds. The van der Waals surface area contributed by atoms with E-state index < -0.39 is 0 Å². The highest BCUT2D eigenvalue weighted by Crippen LogP contribution is 2.40. The van der Waals surface area contributed by atoms with Gasteiger partial charge in [-0.15, -0.1) is 0 Å². The second-order valence-corrected chi connectivity index (χ2v) is 13.7. The van der Waals surface area contributed by atoms with Crippen molar-refractivity contribution < 1.29 is 4.42 Å². The van der Waals surface area contributed by atoms with Gasteiger partial charge in [0.05, 0.1) is 16.9 Å². The van der Waals surface area contributed by atoms with Crippen LogP contribution in [0.2, 0.25) is 0 Å². The van der Waals surface area contributed by atoms with Gasteiger partial charge in [0.25, 0.3) is 0 Å². The molecular weight excluding hydrogens is 689 g/mol. The van der Waals surface area contributed by atoms with Crippen molar-refractivity contribution in [1.29, 1.82) is 0 Å². The maximum atomic E-state index is 6.63. The quantitative estimate of drug-likeness (QED) is 0.170. The first-order valence-electron chi connectivity index (χ1n) is 18.5. The van der Waals surface area contributed by atoms with Crippen LogP contribution >= 0.6 is 0 Å². The van der Waals surface area contributed by atoms with E-state index in [2.05, 4.69) is 71.3 Å². The van der Waals surface area contributed by atoms with Gasteiger partial charge in [-0.3, -0.25) is 4.57 Å². The van der Waals surface area contributed by atoms with Gasteiger partial charge in [0, 0.05) is 49.4 Å². The van der Waals surface area contributed by atoms with Crippen LogP contribution in [-0.2, 0) is 0 Å². The van der Waals surface area contributed by atoms with Crippen molar-refractivity contribution in [3.05, 3.63) is 182 Å². The van der Waals surface area contributed by atoms with Gasteiger partial charge in [-0.1, -0.05) is 152 Å². The van der Waals surface area contributed by atoms with E-state index >= 15 is 0 Å². The fraction of sp³-hybridized carbons (Fsp3) is 0. The maximum absolute atomic E-state index is 6.63. The zero-order chi connectivity index (χ0) is 37.0. The van der Waals surface area contributed by atoms with Crippen molar-refractivity contribution in [1.82, 2.24) is 29.5 Å². The van der Waals surface area contributed by atoms with Gasteiger partial charge in [0.2, 0.25) is 5.95 Å². The fourth-order valence-electron chi connectivity index (χ4n) is 7.64. The van der Waals surface area contributed by atoms with Gasteiger partial charge in [-0.05, 0) is 30.3 Å². The Morgan fingerprint density at radius 1 is 0.357 bits per heavy atom. The van der Waals surface area contributed by atoms with E-state index in [1.54, 1.807) is 0 Å². The average Bonchev–Trinajstić information content (AvgIpc) is 3.83. The van der Waals surface area contributed by atoms with Gasteiger partial charge >= 0.3 is 0 Å². The minimum Gasteiger partial charge on any atom is -0.454 e. The SMILES string of the molecule is c1ccc(-c2cc(-c3ccccc3)nc(-c3cccc(-c4nc(-c5ccccc5)nc(-n5c6ccccc6c6ccc7c8ccccc8oc7c65)n4)c3)n2)cc1. The lowest BCUT2D eigenvalue weighted by atomic mass is 10.1. The van der Waals surface area contributed by atoms with Gasteiger partial charge in [0.15, 0.2) is 23.1 Å². The van der Waals surface area contributed by atoms with Crippen LogP contribution in [0.1, 0.15) is 0 Å². The lowest BCUT2D eigenvalue weighted by molar-refractivity contribution is 0.670. The van der Waals surface area contributed by atoms with Crippen LogP contribution in [0.4, 0.5) is 0 Å². The van der Waals surface area contributed by atoms with E-state index in [1.807, 2.05) is 115 Å². The Morgan fingerprint density at radius 3 is 1.55 bits per heavy atom. The maximum Gasteiger partial charge on any atom is 0.238 e. The number of furan rings is 1. The Labute approximate surface area is 321 Å². The number of nitrogens with zero attached hydrogens (tertiary/aromatic N) is 6. The lowest BCUT2D eigenvalue weighted by Crippen LogP contribution is -2.06. The third-order valence-electron chi connectivity index (χ3n) is 10.3. The summed E-state index contributed by atoms with van der Waals surface area (Å²) in [5.41, 5.74) is 9.77. The van der Waals surface area contributed by atoms with E-state index in [4.69, 9.17) is 29.3 Å². The molecule has 0 atom stereocenters. The second kappa shape index (κ2) is 13.0. The van der Waals surface area contributed by atoms with Crippen LogP contribution in [0.15, 0.2) is 186 Å². The summed E-state index contributed by atoms with van der Waals surface area (Å²) < 4.78 is 8.75. The van der Waals surface area contributed by atoms with Crippen molar-refractivity contribution in [2.45, 2.75) is 0 Å². The predicted octanol–water partition coefficient (Wildman–Crippen LogP) is 12.0. The van der Waals surface area contributed by atoms with Crippen LogP contribution in [0.3, 0.4) is 0 Å². The number of hydrogen-bond donors (Lipinski definition) is 0. The smallest absolute Gasteiger partial charge is 0.238 e. The van der Waals surface area contributed by atoms with E-state index in [0.717, 1.165) is 82.9 Å². The molecule has 0 N–H and O–H groups in total. The minimum atomic E-state index is 0.493. The highest BCUT2D eigenvalue weighted by atomic mass is 16.3. The molecule has 4 heterocycles. The number of rotatable bonds is 6. The molecule has 0 unspecified atom stereocenters. The molecule has 0 radical (unpaired) electrons. The average molecular weight is 719 g/mol. The number of aromatic nitrogens is 6. The molecule has 0 fully saturated rings. The Morgan fingerprint density at radius 2 is 0.875 bits per heavy atom. The van der Waals surface area contributed by atoms with Crippen molar-refractivity contribution in [2.24, 2.45) is 0 Å². The van der Waals surface area contributed by atoms with Crippen LogP contribution in [0.25, 0.3) is 106 Å². The topological polar surface area (TPSA) is 82.5 Å². The Bertz CT molecular complexity index is 3190. The number of benzene rings is 7. The molecule has 0 aliphatic heterocycles. The summed E-state index contributed by atoms with van der Waals surface area (Å²) in [5, 5.41) is 4.24. The van der Waals surface area contributed by atoms with E-state index in [0.29, 0.717) is 23.4 Å². The molecule has 0 bridgehead atoms. The first kappa shape index (κ1) is 31.7. The number of para-hydroxylation sites is 2. The summed E-state index contributed by atoms with van der Waals surface area (Å²) in [5.74, 6) is 2.19. The van der Waals surface area contributed by atoms with Crippen LogP contribution in [0.5, 0.6) is 0 Å². The zero-order valence-corrected chi connectivity index (χ0v) is 29.9. The summed E-state index contributed by atoms with van der Waals surface area (Å²) in [4.78, 5) is 25.7. The highest BCUT2D eigenvalue weighted by molar-refractivity contribution is 6.21. The lowest BCUT2D eigenvalue weighted by Gasteiger charge is -2.12. The predicted molar refractivity (Wildman–Crippen MR) is 224 cm³/mol. The summed E-state index contributed by atoms with van der Waals surface area (Å²) in [7, 11) is 0. The molecule has 0 saturated heterocycles. The second-order valence-electron chi connectivity index (χ2n) is 13.7. The molecule has 262 valence electrons. The molecule has 0 saturated carbocycles. The molecule has 0 aliphatic carbocycles. The summed E-state index contributed by atoms with van der Waals surface area (Å²) in [6.45, 7) is 0. The molecular formula is C49H30N6O. The standard InChI is InChI=1S/C49H30N6O/c1-4-15-31(16-5-1)40-30-41(32-17-6-2-7-18-32)51-47(50-40)34-21-14-22-35(29-34)48-52-46(33-19-8-3-9-20-33)53-49(54-48)55-42-25-12-10-23-36(42)38-27-28-39-37-24-11-13-26-43(37)56-45(39)44(38)55/h1-30H. The molecule has 4 aromatic heterocycles. The molecule has 11 aromatic rings. The molecule has 56 heavy (non-hydrogen) atoms. The molecule has 0 aliphatic rings. The monoisotopic (exact) mass is 718 g/mol. The number of hydrogen-bond acceptors (Lipinski definition) is 6. The Hall–Kier alpha value is -7.77. The summed E-state index contributed by atoms with van der Waals surface area (Å²) >= 11 is 0. The summed E-state index contributed by atoms with van der Waals surface area (Å²) in [6, 6.07) is 61.5. The third kappa shape index (κ3) is 5.33. The molecule has 11 rings (SSSR count). The van der Waals surface area contributed by atoms with Crippen LogP contribution in [0, 0.1) is 0 Å². The molecule has 0 spiro atoms. The molecule has 7 aromatic carbocycles. The van der Waals surface area contributed by atoms with E-state index in [1.165, 1.54) is 0 Å². The third-order valence-corrected chi connectivity index (χ3v) is 10.3. The van der Waals surface area contributed by atoms with E-state index in [-0.39, 0.29) is 0 Å². The summed E-state index contributed by atoms with van der Waals surface area (Å²) in [6.07, 6.45) is 0. The van der Waals surface area contributed by atoms with Crippen molar-refractivity contribution >= 4 is 43.7 Å². The van der Waals surface area contributed by atoms with Crippen molar-refractivity contribution in [3.8, 4) is 62.6 Å². The molecule has 7 nitrogen and oxygen atoms in total. The van der Waals surface area contributed by atoms with Crippen molar-refractivity contribution in [3.63, 3.8) is 0 Å². The van der Waals surface area contributed by atoms with Gasteiger partial charge in [0.1, 0.15) is 11.1 Å². The first-order chi connectivity index (χ1) is 27.7. The van der Waals surface area contributed by atoms with E-state index in [9.17, 15) is 0 Å².